The van der Waals surface area contributed by atoms with Crippen molar-refractivity contribution in [3.05, 3.63) is 33.8 Å². The summed E-state index contributed by atoms with van der Waals surface area (Å²) in [6.45, 7) is 0. The topological polar surface area (TPSA) is 84.5 Å². The number of hydrogen-bond acceptors (Lipinski definition) is 4. The van der Waals surface area contributed by atoms with Gasteiger partial charge in [-0.25, -0.2) is 4.79 Å². The molecule has 1 saturated heterocycles. The zero-order valence-electron chi connectivity index (χ0n) is 12.4. The molecule has 2 rings (SSSR count). The van der Waals surface area contributed by atoms with Gasteiger partial charge in [-0.1, -0.05) is 29.3 Å². The number of carbonyl (C=O) groups excluding carboxylic acids is 3. The van der Waals surface area contributed by atoms with Crippen molar-refractivity contribution in [3.63, 3.8) is 0 Å². The van der Waals surface area contributed by atoms with Crippen LogP contribution in [0.1, 0.15) is 18.4 Å². The van der Waals surface area contributed by atoms with E-state index in [9.17, 15) is 14.4 Å². The first kappa shape index (κ1) is 17.6. The van der Waals surface area contributed by atoms with Gasteiger partial charge in [-0.2, -0.15) is 0 Å². The van der Waals surface area contributed by atoms with E-state index < -0.39 is 24.0 Å². The first-order chi connectivity index (χ1) is 10.9. The van der Waals surface area contributed by atoms with E-state index in [4.69, 9.17) is 27.9 Å². The molecular formula is C15H16Cl2N2O4. The molecule has 1 heterocycles. The molecule has 0 radical (unpaired) electrons. The highest BCUT2D eigenvalue weighted by molar-refractivity contribution is 6.36. The summed E-state index contributed by atoms with van der Waals surface area (Å²) in [4.78, 5) is 35.3. The third-order valence-corrected chi connectivity index (χ3v) is 4.29. The maximum absolute atomic E-state index is 12.2. The summed E-state index contributed by atoms with van der Waals surface area (Å²) in [7, 11) is 1.23. The highest BCUT2D eigenvalue weighted by atomic mass is 35.5. The van der Waals surface area contributed by atoms with Crippen LogP contribution in [0, 0.1) is 0 Å². The first-order valence-electron chi connectivity index (χ1n) is 7.03. The number of benzene rings is 1. The van der Waals surface area contributed by atoms with Crippen LogP contribution in [0.5, 0.6) is 0 Å². The summed E-state index contributed by atoms with van der Waals surface area (Å²) in [6, 6.07) is 3.40. The standard InChI is InChI=1S/C15H16Cl2N2O4/c1-23-15(22)12(7-8-9(16)3-2-4-10(8)17)19-14(21)11-5-6-13(20)18-11/h2-4,11-12H,5-7H2,1H3,(H,18,20)(H,19,21)/t11-,12+/m1/s1. The molecule has 2 atom stereocenters. The molecule has 0 unspecified atom stereocenters. The van der Waals surface area contributed by atoms with Gasteiger partial charge >= 0.3 is 5.97 Å². The molecule has 2 N–H and O–H groups in total. The molecule has 8 heteroatoms. The van der Waals surface area contributed by atoms with E-state index >= 15 is 0 Å². The van der Waals surface area contributed by atoms with Crippen LogP contribution in [0.2, 0.25) is 10.0 Å². The van der Waals surface area contributed by atoms with Gasteiger partial charge in [0.15, 0.2) is 0 Å². The quantitative estimate of drug-likeness (QED) is 0.780. The lowest BCUT2D eigenvalue weighted by atomic mass is 10.0. The normalized spacial score (nSPS) is 18.2. The van der Waals surface area contributed by atoms with Crippen molar-refractivity contribution in [2.45, 2.75) is 31.3 Å². The van der Waals surface area contributed by atoms with Gasteiger partial charge in [-0.05, 0) is 24.1 Å². The fourth-order valence-corrected chi connectivity index (χ4v) is 2.90. The van der Waals surface area contributed by atoms with Gasteiger partial charge in [0.05, 0.1) is 7.11 Å². The molecule has 1 fully saturated rings. The summed E-state index contributed by atoms with van der Waals surface area (Å²) in [6.07, 6.45) is 0.778. The van der Waals surface area contributed by atoms with Crippen molar-refractivity contribution in [2.24, 2.45) is 0 Å². The molecule has 2 amide bonds. The Hall–Kier alpha value is -1.79. The van der Waals surface area contributed by atoms with Crippen LogP contribution in [-0.2, 0) is 25.5 Å². The van der Waals surface area contributed by atoms with E-state index in [0.717, 1.165) is 0 Å². The number of methoxy groups -OCH3 is 1. The Kier molecular flexibility index (Phi) is 5.85. The number of hydrogen-bond donors (Lipinski definition) is 2. The Morgan fingerprint density at radius 1 is 1.39 bits per heavy atom. The van der Waals surface area contributed by atoms with Gasteiger partial charge < -0.3 is 15.4 Å². The Balaban J connectivity index is 2.13. The molecule has 1 aliphatic heterocycles. The fourth-order valence-electron chi connectivity index (χ4n) is 2.35. The molecule has 6 nitrogen and oxygen atoms in total. The minimum absolute atomic E-state index is 0.0948. The van der Waals surface area contributed by atoms with Crippen molar-refractivity contribution >= 4 is 41.0 Å². The van der Waals surface area contributed by atoms with Crippen LogP contribution < -0.4 is 10.6 Å². The molecular weight excluding hydrogens is 343 g/mol. The molecule has 1 aromatic rings. The van der Waals surface area contributed by atoms with Gasteiger partial charge in [0.2, 0.25) is 11.8 Å². The van der Waals surface area contributed by atoms with Gasteiger partial charge in [-0.15, -0.1) is 0 Å². The predicted octanol–water partition coefficient (Wildman–Crippen LogP) is 1.47. The Morgan fingerprint density at radius 3 is 2.57 bits per heavy atom. The van der Waals surface area contributed by atoms with Gasteiger partial charge in [0.25, 0.3) is 0 Å². The maximum Gasteiger partial charge on any atom is 0.328 e. The highest BCUT2D eigenvalue weighted by Gasteiger charge is 2.31. The molecule has 124 valence electrons. The average Bonchev–Trinajstić information content (AvgIpc) is 2.95. The van der Waals surface area contributed by atoms with Crippen LogP contribution in [0.15, 0.2) is 18.2 Å². The Bertz CT molecular complexity index is 616. The smallest absolute Gasteiger partial charge is 0.328 e. The molecule has 0 aromatic heterocycles. The SMILES string of the molecule is COC(=O)[C@H](Cc1c(Cl)cccc1Cl)NC(=O)[C@H]1CCC(=O)N1. The minimum Gasteiger partial charge on any atom is -0.467 e. The van der Waals surface area contributed by atoms with Crippen LogP contribution in [0.4, 0.5) is 0 Å². The summed E-state index contributed by atoms with van der Waals surface area (Å²) >= 11 is 12.2. The number of rotatable bonds is 5. The Labute approximate surface area is 143 Å². The van der Waals surface area contributed by atoms with Crippen LogP contribution in [0.3, 0.4) is 0 Å². The second kappa shape index (κ2) is 7.66. The lowest BCUT2D eigenvalue weighted by molar-refractivity contribution is -0.145. The lowest BCUT2D eigenvalue weighted by Gasteiger charge is -2.20. The molecule has 1 aromatic carbocycles. The van der Waals surface area contributed by atoms with Gasteiger partial charge in [-0.3, -0.25) is 9.59 Å². The summed E-state index contributed by atoms with van der Waals surface area (Å²) in [5.41, 5.74) is 0.544. The second-order valence-corrected chi connectivity index (χ2v) is 5.96. The number of halogens is 2. The monoisotopic (exact) mass is 358 g/mol. The minimum atomic E-state index is -0.942. The predicted molar refractivity (Wildman–Crippen MR) is 85.3 cm³/mol. The van der Waals surface area contributed by atoms with Crippen LogP contribution in [-0.4, -0.2) is 37.0 Å². The molecule has 0 spiro atoms. The van der Waals surface area contributed by atoms with Crippen molar-refractivity contribution in [3.8, 4) is 0 Å². The largest absolute Gasteiger partial charge is 0.467 e. The van der Waals surface area contributed by atoms with E-state index in [1.54, 1.807) is 18.2 Å². The molecule has 0 bridgehead atoms. The van der Waals surface area contributed by atoms with Crippen molar-refractivity contribution in [1.82, 2.24) is 10.6 Å². The van der Waals surface area contributed by atoms with Crippen molar-refractivity contribution < 1.29 is 19.1 Å². The summed E-state index contributed by atoms with van der Waals surface area (Å²) in [5.74, 6) is -1.23. The van der Waals surface area contributed by atoms with E-state index in [0.29, 0.717) is 22.0 Å². The lowest BCUT2D eigenvalue weighted by Crippen LogP contribution is -2.50. The van der Waals surface area contributed by atoms with Crippen molar-refractivity contribution in [2.75, 3.05) is 7.11 Å². The number of nitrogens with one attached hydrogen (secondary N) is 2. The van der Waals surface area contributed by atoms with E-state index in [1.807, 2.05) is 0 Å². The van der Waals surface area contributed by atoms with Gasteiger partial charge in [0, 0.05) is 22.9 Å². The number of carbonyl (C=O) groups is 3. The second-order valence-electron chi connectivity index (χ2n) is 5.15. The maximum atomic E-state index is 12.2. The summed E-state index contributed by atoms with van der Waals surface area (Å²) in [5, 5.41) is 5.93. The molecule has 0 saturated carbocycles. The van der Waals surface area contributed by atoms with Crippen LogP contribution in [0.25, 0.3) is 0 Å². The zero-order valence-corrected chi connectivity index (χ0v) is 13.9. The molecule has 1 aliphatic rings. The number of ether oxygens (including phenoxy) is 1. The summed E-state index contributed by atoms with van der Waals surface area (Å²) < 4.78 is 4.72. The fraction of sp³-hybridized carbons (Fsp3) is 0.400. The number of amides is 2. The van der Waals surface area contributed by atoms with E-state index in [1.165, 1.54) is 7.11 Å². The van der Waals surface area contributed by atoms with Crippen LogP contribution >= 0.6 is 23.2 Å². The third-order valence-electron chi connectivity index (χ3n) is 3.58. The molecule has 0 aliphatic carbocycles. The number of esters is 1. The van der Waals surface area contributed by atoms with Crippen molar-refractivity contribution in [1.29, 1.82) is 0 Å². The Morgan fingerprint density at radius 2 is 2.04 bits per heavy atom. The highest BCUT2D eigenvalue weighted by Crippen LogP contribution is 2.25. The van der Waals surface area contributed by atoms with E-state index in [-0.39, 0.29) is 18.7 Å². The van der Waals surface area contributed by atoms with E-state index in [2.05, 4.69) is 10.6 Å². The first-order valence-corrected chi connectivity index (χ1v) is 7.78. The third kappa shape index (κ3) is 4.36. The van der Waals surface area contributed by atoms with Gasteiger partial charge in [0.1, 0.15) is 12.1 Å². The molecule has 23 heavy (non-hydrogen) atoms. The average molecular weight is 359 g/mol. The zero-order chi connectivity index (χ0) is 17.0.